The van der Waals surface area contributed by atoms with E-state index in [9.17, 15) is 10.1 Å². The number of amides is 1. The number of hydrogen-bond donors (Lipinski definition) is 2. The number of carbonyl (C=O) groups excluding carboxylic acids is 1. The van der Waals surface area contributed by atoms with Crippen LogP contribution >= 0.6 is 23.2 Å². The van der Waals surface area contributed by atoms with Gasteiger partial charge in [-0.3, -0.25) is 4.79 Å². The average Bonchev–Trinajstić information content (AvgIpc) is 3.29. The van der Waals surface area contributed by atoms with Crippen molar-refractivity contribution in [2.45, 2.75) is 13.0 Å². The Morgan fingerprint density at radius 1 is 1.14 bits per heavy atom. The lowest BCUT2D eigenvalue weighted by Gasteiger charge is -2.17. The highest BCUT2D eigenvalue weighted by molar-refractivity contribution is 6.35. The van der Waals surface area contributed by atoms with Crippen molar-refractivity contribution in [1.82, 2.24) is 9.97 Å². The van der Waals surface area contributed by atoms with Gasteiger partial charge in [0.25, 0.3) is 5.91 Å². The highest BCUT2D eigenvalue weighted by atomic mass is 35.5. The van der Waals surface area contributed by atoms with Crippen molar-refractivity contribution in [2.75, 3.05) is 12.4 Å². The molecule has 1 heterocycles. The molecule has 176 valence electrons. The molecule has 1 unspecified atom stereocenters. The van der Waals surface area contributed by atoms with E-state index < -0.39 is 12.0 Å². The normalized spacial score (nSPS) is 12.1. The number of nitrogens with zero attached hydrogens (tertiary/aromatic N) is 2. The van der Waals surface area contributed by atoms with Crippen LogP contribution in [0.5, 0.6) is 11.5 Å². The Hall–Kier alpha value is -3.99. The van der Waals surface area contributed by atoms with Gasteiger partial charge in [-0.05, 0) is 61.0 Å². The second-order valence-corrected chi connectivity index (χ2v) is 8.40. The standard InChI is InChI=1S/C26H20Cl2N4O3/c1-15(26(33)32-22-13-18(27)8-9-19(22)28)35-23-10-7-16(12-24(23)34-2)11-17(14-29)25-30-20-5-3-4-6-21(20)31-25/h3-13,15H,1-2H3,(H,30,31)(H,32,33). The van der Waals surface area contributed by atoms with Crippen LogP contribution in [0.25, 0.3) is 22.7 Å². The minimum absolute atomic E-state index is 0.362. The fourth-order valence-corrected chi connectivity index (χ4v) is 3.68. The highest BCUT2D eigenvalue weighted by Crippen LogP contribution is 2.31. The number of benzene rings is 3. The molecule has 7 nitrogen and oxygen atoms in total. The molecule has 9 heteroatoms. The zero-order valence-corrected chi connectivity index (χ0v) is 20.3. The Morgan fingerprint density at radius 3 is 2.69 bits per heavy atom. The SMILES string of the molecule is COc1cc(C=C(C#N)c2nc3ccccc3[nH]2)ccc1OC(C)C(=O)Nc1cc(Cl)ccc1Cl. The van der Waals surface area contributed by atoms with E-state index in [-0.39, 0.29) is 0 Å². The van der Waals surface area contributed by atoms with Crippen molar-refractivity contribution in [3.8, 4) is 17.6 Å². The number of nitriles is 1. The van der Waals surface area contributed by atoms with Gasteiger partial charge in [0.15, 0.2) is 17.6 Å². The lowest BCUT2D eigenvalue weighted by molar-refractivity contribution is -0.122. The first-order valence-corrected chi connectivity index (χ1v) is 11.3. The third kappa shape index (κ3) is 5.57. The molecule has 0 saturated carbocycles. The summed E-state index contributed by atoms with van der Waals surface area (Å²) in [6, 6.07) is 19.7. The number of hydrogen-bond acceptors (Lipinski definition) is 5. The Labute approximate surface area is 211 Å². The smallest absolute Gasteiger partial charge is 0.265 e. The Bertz CT molecular complexity index is 1440. The molecule has 35 heavy (non-hydrogen) atoms. The number of fused-ring (bicyclic) bond motifs is 1. The average molecular weight is 507 g/mol. The Morgan fingerprint density at radius 2 is 1.94 bits per heavy atom. The van der Waals surface area contributed by atoms with E-state index >= 15 is 0 Å². The van der Waals surface area contributed by atoms with Gasteiger partial charge in [0, 0.05) is 5.02 Å². The van der Waals surface area contributed by atoms with Gasteiger partial charge in [0.05, 0.1) is 34.4 Å². The number of anilines is 1. The van der Waals surface area contributed by atoms with Crippen LogP contribution < -0.4 is 14.8 Å². The summed E-state index contributed by atoms with van der Waals surface area (Å²) in [7, 11) is 1.50. The first-order chi connectivity index (χ1) is 16.9. The minimum Gasteiger partial charge on any atom is -0.493 e. The van der Waals surface area contributed by atoms with E-state index in [2.05, 4.69) is 21.4 Å². The summed E-state index contributed by atoms with van der Waals surface area (Å²) in [6.07, 6.45) is 0.840. The quantitative estimate of drug-likeness (QED) is 0.284. The molecule has 3 aromatic carbocycles. The van der Waals surface area contributed by atoms with Crippen LogP contribution in [-0.4, -0.2) is 29.1 Å². The maximum atomic E-state index is 12.6. The van der Waals surface area contributed by atoms with Crippen LogP contribution in [0.2, 0.25) is 10.0 Å². The third-order valence-electron chi connectivity index (χ3n) is 5.12. The van der Waals surface area contributed by atoms with Gasteiger partial charge in [0.1, 0.15) is 11.9 Å². The molecule has 0 spiro atoms. The first kappa shape index (κ1) is 24.1. The molecule has 1 aromatic heterocycles. The van der Waals surface area contributed by atoms with Crippen LogP contribution in [0.3, 0.4) is 0 Å². The molecule has 0 fully saturated rings. The van der Waals surface area contributed by atoms with Gasteiger partial charge in [-0.25, -0.2) is 4.98 Å². The molecular weight excluding hydrogens is 487 g/mol. The number of rotatable bonds is 7. The zero-order chi connectivity index (χ0) is 24.9. The molecule has 0 saturated heterocycles. The maximum Gasteiger partial charge on any atom is 0.265 e. The van der Waals surface area contributed by atoms with Crippen LogP contribution in [0.4, 0.5) is 5.69 Å². The summed E-state index contributed by atoms with van der Waals surface area (Å²) < 4.78 is 11.3. The molecular formula is C26H20Cl2N4O3. The molecule has 1 amide bonds. The fraction of sp³-hybridized carbons (Fsp3) is 0.115. The molecule has 4 aromatic rings. The maximum absolute atomic E-state index is 12.6. The summed E-state index contributed by atoms with van der Waals surface area (Å²) >= 11 is 12.1. The number of methoxy groups -OCH3 is 1. The Kier molecular flexibility index (Phi) is 7.25. The van der Waals surface area contributed by atoms with Crippen LogP contribution in [0, 0.1) is 11.3 Å². The lowest BCUT2D eigenvalue weighted by Crippen LogP contribution is -2.30. The summed E-state index contributed by atoms with van der Waals surface area (Å²) in [5.41, 5.74) is 3.08. The zero-order valence-electron chi connectivity index (χ0n) is 18.8. The fourth-order valence-electron chi connectivity index (χ4n) is 3.34. The molecule has 2 N–H and O–H groups in total. The highest BCUT2D eigenvalue weighted by Gasteiger charge is 2.19. The van der Waals surface area contributed by atoms with Crippen LogP contribution in [-0.2, 0) is 4.79 Å². The van der Waals surface area contributed by atoms with E-state index in [0.717, 1.165) is 11.0 Å². The molecule has 0 aliphatic heterocycles. The summed E-state index contributed by atoms with van der Waals surface area (Å²) in [5.74, 6) is 0.836. The van der Waals surface area contributed by atoms with E-state index in [0.29, 0.717) is 44.2 Å². The number of aromatic nitrogens is 2. The van der Waals surface area contributed by atoms with Crippen molar-refractivity contribution in [2.24, 2.45) is 0 Å². The second-order valence-electron chi connectivity index (χ2n) is 7.56. The lowest BCUT2D eigenvalue weighted by atomic mass is 10.1. The van der Waals surface area contributed by atoms with Crippen molar-refractivity contribution in [3.05, 3.63) is 82.1 Å². The first-order valence-electron chi connectivity index (χ1n) is 10.6. The van der Waals surface area contributed by atoms with Gasteiger partial charge >= 0.3 is 0 Å². The number of allylic oxidation sites excluding steroid dienone is 1. The Balaban J connectivity index is 1.53. The monoisotopic (exact) mass is 506 g/mol. The number of nitrogens with one attached hydrogen (secondary N) is 2. The van der Waals surface area contributed by atoms with Crippen molar-refractivity contribution in [1.29, 1.82) is 5.26 Å². The predicted molar refractivity (Wildman–Crippen MR) is 138 cm³/mol. The van der Waals surface area contributed by atoms with Gasteiger partial charge in [0.2, 0.25) is 0 Å². The van der Waals surface area contributed by atoms with Crippen LogP contribution in [0.15, 0.2) is 60.7 Å². The summed E-state index contributed by atoms with van der Waals surface area (Å²) in [5, 5.41) is 13.2. The van der Waals surface area contributed by atoms with E-state index in [4.69, 9.17) is 32.7 Å². The van der Waals surface area contributed by atoms with Crippen molar-refractivity contribution in [3.63, 3.8) is 0 Å². The minimum atomic E-state index is -0.856. The molecule has 4 rings (SSSR count). The number of ether oxygens (including phenoxy) is 2. The van der Waals surface area contributed by atoms with Crippen molar-refractivity contribution >= 4 is 57.5 Å². The van der Waals surface area contributed by atoms with Gasteiger partial charge < -0.3 is 19.8 Å². The third-order valence-corrected chi connectivity index (χ3v) is 5.69. The second kappa shape index (κ2) is 10.5. The number of aromatic amines is 1. The van der Waals surface area contributed by atoms with E-state index in [1.165, 1.54) is 7.11 Å². The number of H-pyrrole nitrogens is 1. The largest absolute Gasteiger partial charge is 0.493 e. The molecule has 1 atom stereocenters. The molecule has 0 aliphatic rings. The van der Waals surface area contributed by atoms with Gasteiger partial charge in [-0.15, -0.1) is 0 Å². The number of imidazole rings is 1. The van der Waals surface area contributed by atoms with Crippen LogP contribution in [0.1, 0.15) is 18.3 Å². The van der Waals surface area contributed by atoms with Gasteiger partial charge in [-0.1, -0.05) is 41.4 Å². The molecule has 0 radical (unpaired) electrons. The van der Waals surface area contributed by atoms with E-state index in [1.807, 2.05) is 24.3 Å². The molecule has 0 bridgehead atoms. The summed E-state index contributed by atoms with van der Waals surface area (Å²) in [6.45, 7) is 1.61. The predicted octanol–water partition coefficient (Wildman–Crippen LogP) is 6.35. The number of para-hydroxylation sites is 2. The summed E-state index contributed by atoms with van der Waals surface area (Å²) in [4.78, 5) is 20.3. The van der Waals surface area contributed by atoms with E-state index in [1.54, 1.807) is 49.4 Å². The van der Waals surface area contributed by atoms with Crippen molar-refractivity contribution < 1.29 is 14.3 Å². The topological polar surface area (TPSA) is 100 Å². The molecule has 0 aliphatic carbocycles. The number of carbonyl (C=O) groups is 1. The number of halogens is 2. The van der Waals surface area contributed by atoms with Gasteiger partial charge in [-0.2, -0.15) is 5.26 Å².